The van der Waals surface area contributed by atoms with Gasteiger partial charge >= 0.3 is 0 Å². The summed E-state index contributed by atoms with van der Waals surface area (Å²) >= 11 is 0. The number of phenolic OH excluding ortho intramolecular Hbond substituents is 2. The molecule has 1 aliphatic rings. The van der Waals surface area contributed by atoms with Gasteiger partial charge in [-0.3, -0.25) is 4.79 Å². The minimum Gasteiger partial charge on any atom is -0.507 e. The predicted molar refractivity (Wildman–Crippen MR) is 180 cm³/mol. The van der Waals surface area contributed by atoms with E-state index in [9.17, 15) is 19.4 Å². The Hall–Kier alpha value is -4.86. The van der Waals surface area contributed by atoms with E-state index in [1.807, 2.05) is 6.07 Å². The number of carbonyl (C=O) groups excluding carboxylic acids is 1. The van der Waals surface area contributed by atoms with Gasteiger partial charge in [0, 0.05) is 72.7 Å². The molecule has 5 aromatic rings. The largest absolute Gasteiger partial charge is 0.507 e. The molecule has 0 bridgehead atoms. The average Bonchev–Trinajstić information content (AvgIpc) is 3.27. The zero-order valence-corrected chi connectivity index (χ0v) is 26.4. The summed E-state index contributed by atoms with van der Waals surface area (Å²) in [5.74, 6) is -0.0122. The maximum atomic E-state index is 13.3. The van der Waals surface area contributed by atoms with Crippen molar-refractivity contribution in [2.24, 2.45) is 0 Å². The van der Waals surface area contributed by atoms with Crippen LogP contribution in [0.25, 0.3) is 22.0 Å². The van der Waals surface area contributed by atoms with E-state index in [-0.39, 0.29) is 22.7 Å². The number of aromatic hydroxyl groups is 2. The molecule has 2 heterocycles. The van der Waals surface area contributed by atoms with Crippen molar-refractivity contribution in [2.75, 3.05) is 45.1 Å². The van der Waals surface area contributed by atoms with Crippen molar-refractivity contribution < 1.29 is 24.1 Å². The standard InChI is InChI=1S/C37H39FN4O4/c1-24-25(2)42(16-4-15-41-19-17-40(3)18-20-41)33-14-13-31(23-32(24)33)46-30-11-7-27(8-12-30)37(45)39-29-21-34(43)36(35(44)22-29)26-5-9-28(38)10-6-26/h5-14,21-23,43-44H,4,15-20H2,1-3H3,(H,39,45). The molecule has 0 radical (unpaired) electrons. The summed E-state index contributed by atoms with van der Waals surface area (Å²) in [6.45, 7) is 11.0. The van der Waals surface area contributed by atoms with Crippen LogP contribution in [0.15, 0.2) is 78.9 Å². The highest BCUT2D eigenvalue weighted by molar-refractivity contribution is 6.04. The van der Waals surface area contributed by atoms with Crippen molar-refractivity contribution in [1.82, 2.24) is 14.4 Å². The van der Waals surface area contributed by atoms with Crippen LogP contribution in [0.5, 0.6) is 23.0 Å². The number of phenols is 2. The average molecular weight is 623 g/mol. The van der Waals surface area contributed by atoms with Gasteiger partial charge in [-0.05, 0) is 99.6 Å². The fourth-order valence-corrected chi connectivity index (χ4v) is 6.11. The summed E-state index contributed by atoms with van der Waals surface area (Å²) in [7, 11) is 2.18. The van der Waals surface area contributed by atoms with Crippen molar-refractivity contribution in [2.45, 2.75) is 26.8 Å². The van der Waals surface area contributed by atoms with E-state index in [1.54, 1.807) is 24.3 Å². The smallest absolute Gasteiger partial charge is 0.255 e. The lowest BCUT2D eigenvalue weighted by atomic mass is 10.0. The Bertz CT molecular complexity index is 1840. The van der Waals surface area contributed by atoms with Gasteiger partial charge in [-0.25, -0.2) is 4.39 Å². The van der Waals surface area contributed by atoms with E-state index < -0.39 is 11.7 Å². The normalized spacial score (nSPS) is 14.1. The fourth-order valence-electron chi connectivity index (χ4n) is 6.11. The molecule has 3 N–H and O–H groups in total. The molecule has 0 spiro atoms. The van der Waals surface area contributed by atoms with Gasteiger partial charge in [0.2, 0.25) is 0 Å². The number of aromatic nitrogens is 1. The van der Waals surface area contributed by atoms with Gasteiger partial charge in [-0.1, -0.05) is 12.1 Å². The highest BCUT2D eigenvalue weighted by Gasteiger charge is 2.17. The van der Waals surface area contributed by atoms with Gasteiger partial charge in [0.25, 0.3) is 5.91 Å². The van der Waals surface area contributed by atoms with Gasteiger partial charge in [-0.2, -0.15) is 0 Å². The van der Waals surface area contributed by atoms with Gasteiger partial charge in [-0.15, -0.1) is 0 Å². The number of benzene rings is 4. The molecule has 46 heavy (non-hydrogen) atoms. The van der Waals surface area contributed by atoms with Crippen LogP contribution >= 0.6 is 0 Å². The Morgan fingerprint density at radius 2 is 1.50 bits per heavy atom. The third kappa shape index (κ3) is 6.71. The monoisotopic (exact) mass is 622 g/mol. The zero-order valence-electron chi connectivity index (χ0n) is 26.4. The summed E-state index contributed by atoms with van der Waals surface area (Å²) < 4.78 is 21.9. The number of ether oxygens (including phenoxy) is 1. The first kappa shape index (κ1) is 31.1. The first-order valence-electron chi connectivity index (χ1n) is 15.6. The summed E-state index contributed by atoms with van der Waals surface area (Å²) in [5, 5.41) is 24.9. The summed E-state index contributed by atoms with van der Waals surface area (Å²) in [4.78, 5) is 17.9. The number of likely N-dealkylation sites (N-methyl/N-ethyl adjacent to an activating group) is 1. The number of rotatable bonds is 9. The molecular formula is C37H39FN4O4. The highest BCUT2D eigenvalue weighted by atomic mass is 19.1. The number of aryl methyl sites for hydroxylation is 2. The van der Waals surface area contributed by atoms with Crippen LogP contribution in [-0.2, 0) is 6.54 Å². The Morgan fingerprint density at radius 3 is 2.17 bits per heavy atom. The second kappa shape index (κ2) is 13.2. The third-order valence-electron chi connectivity index (χ3n) is 8.90. The van der Waals surface area contributed by atoms with Crippen LogP contribution in [0.1, 0.15) is 28.0 Å². The molecule has 238 valence electrons. The van der Waals surface area contributed by atoms with E-state index in [4.69, 9.17) is 4.74 Å². The van der Waals surface area contributed by atoms with Gasteiger partial charge in [0.05, 0.1) is 5.56 Å². The number of nitrogens with zero attached hydrogens (tertiary/aromatic N) is 3. The van der Waals surface area contributed by atoms with Crippen LogP contribution in [-0.4, -0.2) is 70.3 Å². The molecule has 0 atom stereocenters. The lowest BCUT2D eigenvalue weighted by molar-refractivity contribution is 0.102. The molecule has 1 aromatic heterocycles. The molecule has 9 heteroatoms. The maximum absolute atomic E-state index is 13.3. The minimum atomic E-state index is -0.424. The number of hydrogen-bond donors (Lipinski definition) is 3. The van der Waals surface area contributed by atoms with Crippen molar-refractivity contribution >= 4 is 22.5 Å². The first-order chi connectivity index (χ1) is 22.2. The SMILES string of the molecule is Cc1c(C)n(CCCN2CCN(C)CC2)c2ccc(Oc3ccc(C(=O)Nc4cc(O)c(-c5ccc(F)cc5)c(O)c4)cc3)cc12. The molecule has 6 rings (SSSR count). The number of anilines is 1. The molecular weight excluding hydrogens is 583 g/mol. The van der Waals surface area contributed by atoms with Crippen molar-refractivity contribution in [3.05, 3.63) is 102 Å². The van der Waals surface area contributed by atoms with Crippen LogP contribution < -0.4 is 10.1 Å². The van der Waals surface area contributed by atoms with Gasteiger partial charge in [0.1, 0.15) is 28.8 Å². The minimum absolute atomic E-state index is 0.154. The third-order valence-corrected chi connectivity index (χ3v) is 8.90. The van der Waals surface area contributed by atoms with Crippen molar-refractivity contribution in [1.29, 1.82) is 0 Å². The molecule has 0 saturated carbocycles. The molecule has 0 aliphatic carbocycles. The first-order valence-corrected chi connectivity index (χ1v) is 15.6. The highest BCUT2D eigenvalue weighted by Crippen LogP contribution is 2.40. The zero-order chi connectivity index (χ0) is 32.4. The van der Waals surface area contributed by atoms with Crippen molar-refractivity contribution in [3.63, 3.8) is 0 Å². The van der Waals surface area contributed by atoms with Gasteiger partial charge < -0.3 is 34.6 Å². The number of hydrogen-bond acceptors (Lipinski definition) is 6. The van der Waals surface area contributed by atoms with E-state index in [0.29, 0.717) is 16.9 Å². The number of fused-ring (bicyclic) bond motifs is 1. The summed E-state index contributed by atoms with van der Waals surface area (Å²) in [6.07, 6.45) is 1.11. The Morgan fingerprint density at radius 1 is 0.848 bits per heavy atom. The molecule has 0 unspecified atom stereocenters. The lowest BCUT2D eigenvalue weighted by Gasteiger charge is -2.32. The molecule has 1 aliphatic heterocycles. The van der Waals surface area contributed by atoms with Crippen LogP contribution in [0.4, 0.5) is 10.1 Å². The predicted octanol–water partition coefficient (Wildman–Crippen LogP) is 7.16. The van der Waals surface area contributed by atoms with E-state index >= 15 is 0 Å². The molecule has 1 amide bonds. The topological polar surface area (TPSA) is 90.2 Å². The summed E-state index contributed by atoms with van der Waals surface area (Å²) in [5.41, 5.74) is 4.92. The number of nitrogens with one attached hydrogen (secondary N) is 1. The van der Waals surface area contributed by atoms with Crippen molar-refractivity contribution in [3.8, 4) is 34.1 Å². The van der Waals surface area contributed by atoms with E-state index in [2.05, 4.69) is 52.7 Å². The molecule has 1 fully saturated rings. The van der Waals surface area contributed by atoms with Gasteiger partial charge in [0.15, 0.2) is 0 Å². The quantitative estimate of drug-likeness (QED) is 0.162. The fraction of sp³-hybridized carbons (Fsp3) is 0.270. The second-order valence-electron chi connectivity index (χ2n) is 12.0. The number of halogens is 1. The molecule has 4 aromatic carbocycles. The molecule has 8 nitrogen and oxygen atoms in total. The van der Waals surface area contributed by atoms with Crippen LogP contribution in [0, 0.1) is 19.7 Å². The lowest BCUT2D eigenvalue weighted by Crippen LogP contribution is -2.44. The number of carbonyl (C=O) groups is 1. The molecule has 1 saturated heterocycles. The Labute approximate surface area is 268 Å². The Balaban J connectivity index is 1.09. The van der Waals surface area contributed by atoms with E-state index in [1.165, 1.54) is 58.6 Å². The van der Waals surface area contributed by atoms with Crippen LogP contribution in [0.2, 0.25) is 0 Å². The van der Waals surface area contributed by atoms with E-state index in [0.717, 1.165) is 51.4 Å². The number of piperazine rings is 1. The summed E-state index contributed by atoms with van der Waals surface area (Å²) in [6, 6.07) is 21.0. The maximum Gasteiger partial charge on any atom is 0.255 e. The number of amides is 1. The van der Waals surface area contributed by atoms with Crippen LogP contribution in [0.3, 0.4) is 0 Å². The second-order valence-corrected chi connectivity index (χ2v) is 12.0. The Kier molecular flexibility index (Phi) is 8.96.